The maximum atomic E-state index is 9.27. The third-order valence-electron chi connectivity index (χ3n) is 2.77. The molecule has 1 aromatic heterocycles. The standard InChI is InChI=1S/C14H17N3O/c1-2-16-13(14-10-15-7-8-17-14)9-11-3-5-12(18)6-4-11/h3-8,10,13,16,18H,2,9H2,1H3. The zero-order valence-electron chi connectivity index (χ0n) is 10.4. The second-order valence-corrected chi connectivity index (χ2v) is 4.11. The van der Waals surface area contributed by atoms with Crippen molar-refractivity contribution < 1.29 is 5.11 Å². The van der Waals surface area contributed by atoms with Crippen molar-refractivity contribution in [2.24, 2.45) is 0 Å². The molecule has 4 heteroatoms. The van der Waals surface area contributed by atoms with Crippen LogP contribution in [0.1, 0.15) is 24.2 Å². The maximum Gasteiger partial charge on any atom is 0.115 e. The van der Waals surface area contributed by atoms with Gasteiger partial charge in [-0.15, -0.1) is 0 Å². The van der Waals surface area contributed by atoms with Gasteiger partial charge in [-0.2, -0.15) is 0 Å². The molecule has 2 rings (SSSR count). The average molecular weight is 243 g/mol. The van der Waals surface area contributed by atoms with E-state index in [1.807, 2.05) is 12.1 Å². The van der Waals surface area contributed by atoms with E-state index < -0.39 is 0 Å². The van der Waals surface area contributed by atoms with Crippen LogP contribution in [-0.2, 0) is 6.42 Å². The Labute approximate surface area is 107 Å². The summed E-state index contributed by atoms with van der Waals surface area (Å²) in [6.07, 6.45) is 5.99. The van der Waals surface area contributed by atoms with Crippen LogP contribution in [0.4, 0.5) is 0 Å². The first-order valence-corrected chi connectivity index (χ1v) is 6.06. The summed E-state index contributed by atoms with van der Waals surface area (Å²) in [5.41, 5.74) is 2.09. The number of hydrogen-bond acceptors (Lipinski definition) is 4. The van der Waals surface area contributed by atoms with Gasteiger partial charge >= 0.3 is 0 Å². The van der Waals surface area contributed by atoms with Crippen molar-refractivity contribution >= 4 is 0 Å². The van der Waals surface area contributed by atoms with E-state index in [1.54, 1.807) is 30.7 Å². The molecule has 4 nitrogen and oxygen atoms in total. The van der Waals surface area contributed by atoms with Gasteiger partial charge in [0.2, 0.25) is 0 Å². The number of nitrogens with zero attached hydrogens (tertiary/aromatic N) is 2. The molecule has 1 atom stereocenters. The molecule has 0 aliphatic carbocycles. The zero-order chi connectivity index (χ0) is 12.8. The number of hydrogen-bond donors (Lipinski definition) is 2. The molecule has 1 aromatic carbocycles. The van der Waals surface area contributed by atoms with Gasteiger partial charge in [0.05, 0.1) is 11.7 Å². The van der Waals surface area contributed by atoms with Crippen LogP contribution in [0, 0.1) is 0 Å². The first-order chi connectivity index (χ1) is 8.79. The molecule has 0 radical (unpaired) electrons. The number of nitrogens with one attached hydrogen (secondary N) is 1. The van der Waals surface area contributed by atoms with E-state index in [2.05, 4.69) is 22.2 Å². The molecule has 18 heavy (non-hydrogen) atoms. The highest BCUT2D eigenvalue weighted by atomic mass is 16.3. The van der Waals surface area contributed by atoms with Gasteiger partial charge in [0.1, 0.15) is 5.75 Å². The molecule has 2 N–H and O–H groups in total. The lowest BCUT2D eigenvalue weighted by Crippen LogP contribution is -2.24. The maximum absolute atomic E-state index is 9.27. The van der Waals surface area contributed by atoms with Gasteiger partial charge in [-0.3, -0.25) is 9.97 Å². The van der Waals surface area contributed by atoms with E-state index in [4.69, 9.17) is 0 Å². The summed E-state index contributed by atoms with van der Waals surface area (Å²) in [4.78, 5) is 8.44. The SMILES string of the molecule is CCNC(Cc1ccc(O)cc1)c1cnccn1. The van der Waals surface area contributed by atoms with Gasteiger partial charge < -0.3 is 10.4 Å². The lowest BCUT2D eigenvalue weighted by molar-refractivity contribution is 0.474. The van der Waals surface area contributed by atoms with Crippen molar-refractivity contribution in [1.29, 1.82) is 0 Å². The van der Waals surface area contributed by atoms with Crippen LogP contribution >= 0.6 is 0 Å². The number of aromatic hydroxyl groups is 1. The predicted molar refractivity (Wildman–Crippen MR) is 70.3 cm³/mol. The summed E-state index contributed by atoms with van der Waals surface area (Å²) >= 11 is 0. The van der Waals surface area contributed by atoms with Crippen LogP contribution < -0.4 is 5.32 Å². The third kappa shape index (κ3) is 3.28. The van der Waals surface area contributed by atoms with Crippen molar-refractivity contribution in [2.75, 3.05) is 6.54 Å². The first-order valence-electron chi connectivity index (χ1n) is 6.06. The molecule has 0 spiro atoms. The van der Waals surface area contributed by atoms with Crippen molar-refractivity contribution in [3.05, 3.63) is 54.1 Å². The molecule has 0 saturated carbocycles. The van der Waals surface area contributed by atoms with Crippen LogP contribution in [0.3, 0.4) is 0 Å². The van der Waals surface area contributed by atoms with E-state index in [0.29, 0.717) is 5.75 Å². The second-order valence-electron chi connectivity index (χ2n) is 4.11. The molecule has 1 heterocycles. The highest BCUT2D eigenvalue weighted by molar-refractivity contribution is 5.27. The Bertz CT molecular complexity index is 470. The van der Waals surface area contributed by atoms with Gasteiger partial charge in [-0.1, -0.05) is 19.1 Å². The van der Waals surface area contributed by atoms with Crippen molar-refractivity contribution in [3.8, 4) is 5.75 Å². The smallest absolute Gasteiger partial charge is 0.115 e. The normalized spacial score (nSPS) is 12.3. The highest BCUT2D eigenvalue weighted by Gasteiger charge is 2.12. The molecule has 0 amide bonds. The van der Waals surface area contributed by atoms with Gasteiger partial charge in [-0.25, -0.2) is 0 Å². The topological polar surface area (TPSA) is 58.0 Å². The minimum Gasteiger partial charge on any atom is -0.508 e. The molecular formula is C14H17N3O. The summed E-state index contributed by atoms with van der Waals surface area (Å²) in [5, 5.41) is 12.7. The fourth-order valence-electron chi connectivity index (χ4n) is 1.89. The average Bonchev–Trinajstić information content (AvgIpc) is 2.42. The third-order valence-corrected chi connectivity index (χ3v) is 2.77. The van der Waals surface area contributed by atoms with Crippen molar-refractivity contribution in [2.45, 2.75) is 19.4 Å². The van der Waals surface area contributed by atoms with Crippen molar-refractivity contribution in [1.82, 2.24) is 15.3 Å². The predicted octanol–water partition coefficient (Wildman–Crippen LogP) is 2.08. The summed E-state index contributed by atoms with van der Waals surface area (Å²) in [7, 11) is 0. The molecule has 0 bridgehead atoms. The summed E-state index contributed by atoms with van der Waals surface area (Å²) in [6.45, 7) is 2.94. The molecule has 0 fully saturated rings. The Morgan fingerprint density at radius 1 is 1.22 bits per heavy atom. The Kier molecular flexibility index (Phi) is 4.25. The Balaban J connectivity index is 2.14. The monoisotopic (exact) mass is 243 g/mol. The number of benzene rings is 1. The molecule has 94 valence electrons. The fraction of sp³-hybridized carbons (Fsp3) is 0.286. The lowest BCUT2D eigenvalue weighted by atomic mass is 10.0. The zero-order valence-corrected chi connectivity index (χ0v) is 10.4. The number of aromatic nitrogens is 2. The van der Waals surface area contributed by atoms with Gasteiger partial charge in [0.25, 0.3) is 0 Å². The molecular weight excluding hydrogens is 226 g/mol. The molecule has 2 aromatic rings. The van der Waals surface area contributed by atoms with Crippen LogP contribution in [0.5, 0.6) is 5.75 Å². The molecule has 0 aliphatic rings. The summed E-state index contributed by atoms with van der Waals surface area (Å²) in [6, 6.07) is 7.41. The largest absolute Gasteiger partial charge is 0.508 e. The second kappa shape index (κ2) is 6.12. The van der Waals surface area contributed by atoms with Gasteiger partial charge in [0.15, 0.2) is 0 Å². The number of likely N-dealkylation sites (N-methyl/N-ethyl adjacent to an activating group) is 1. The van der Waals surface area contributed by atoms with E-state index in [0.717, 1.165) is 24.2 Å². The van der Waals surface area contributed by atoms with Crippen LogP contribution in [0.15, 0.2) is 42.9 Å². The highest BCUT2D eigenvalue weighted by Crippen LogP contribution is 2.17. The van der Waals surface area contributed by atoms with Crippen LogP contribution in [-0.4, -0.2) is 21.6 Å². The quantitative estimate of drug-likeness (QED) is 0.844. The Hall–Kier alpha value is -1.94. The fourth-order valence-corrected chi connectivity index (χ4v) is 1.89. The number of rotatable bonds is 5. The van der Waals surface area contributed by atoms with E-state index in [-0.39, 0.29) is 6.04 Å². The minimum atomic E-state index is 0.147. The van der Waals surface area contributed by atoms with E-state index in [1.165, 1.54) is 0 Å². The van der Waals surface area contributed by atoms with Gasteiger partial charge in [0, 0.05) is 18.6 Å². The van der Waals surface area contributed by atoms with E-state index in [9.17, 15) is 5.11 Å². The van der Waals surface area contributed by atoms with Crippen LogP contribution in [0.2, 0.25) is 0 Å². The van der Waals surface area contributed by atoms with Gasteiger partial charge in [-0.05, 0) is 30.7 Å². The first kappa shape index (κ1) is 12.5. The van der Waals surface area contributed by atoms with E-state index >= 15 is 0 Å². The molecule has 0 aliphatic heterocycles. The molecule has 0 saturated heterocycles. The molecule has 1 unspecified atom stereocenters. The minimum absolute atomic E-state index is 0.147. The van der Waals surface area contributed by atoms with Crippen LogP contribution in [0.25, 0.3) is 0 Å². The number of phenolic OH excluding ortho intramolecular Hbond substituents is 1. The Morgan fingerprint density at radius 3 is 2.61 bits per heavy atom. The lowest BCUT2D eigenvalue weighted by Gasteiger charge is -2.17. The summed E-state index contributed by atoms with van der Waals surface area (Å²) in [5.74, 6) is 0.290. The van der Waals surface area contributed by atoms with Crippen molar-refractivity contribution in [3.63, 3.8) is 0 Å². The summed E-state index contributed by atoms with van der Waals surface area (Å²) < 4.78 is 0. The number of phenols is 1. The Morgan fingerprint density at radius 2 is 2.00 bits per heavy atom.